The Hall–Kier alpha value is -6.63. The van der Waals surface area contributed by atoms with Crippen molar-refractivity contribution >= 4 is 82.8 Å². The van der Waals surface area contributed by atoms with Gasteiger partial charge in [-0.25, -0.2) is 13.9 Å². The number of carbonyl (C=O) groups is 6. The zero-order chi connectivity index (χ0) is 71.9. The number of hydrogen-bond donors (Lipinski definition) is 4. The highest BCUT2D eigenvalue weighted by atomic mass is 32.1. The molecule has 0 spiro atoms. The Morgan fingerprint density at radius 3 is 1.32 bits per heavy atom. The second-order valence-electron chi connectivity index (χ2n) is 22.1. The zero-order valence-corrected chi connectivity index (χ0v) is 59.4. The number of carbonyl (C=O) groups excluding carboxylic acids is 6. The standard InChI is InChI=1S/C31H41N2O8P.C23H18N2O5.C12H28NO6P.CH6BNOS/c1-24(2)40-42(36,41-25(3)4)39-22-21-38-20-19-37-18-17-32-30(34)15-16-31(35)33-23-28-11-6-5-9-26(28)13-14-27-10-7-8-12-29(27)33;26-20(13-14-23(29)30-25-21(27)11-12-22(25)28)24-15-18-7-2-1-5-16(18)9-10-17-6-3-4-8-19(17)24;1-11(2)18-20(14,19-12(3)4)17-10-9-16-8-7-15-6-5-13;1-2-4-3-5/h5-12,24-25H,15-23H2,1-4H3,(H,32,34);1-8H,11-15H2;11-12H,5-10,13H2,1-4H3;2-3,5H,1H3/i;;;2D. The average molecular weight is 1410 g/mol. The number of rotatable bonds is 36. The molecular weight excluding hydrogens is 1310 g/mol. The summed E-state index contributed by atoms with van der Waals surface area (Å²) in [6.07, 6.45) is -1.29. The van der Waals surface area contributed by atoms with Gasteiger partial charge in [-0.2, -0.15) is 4.89 Å². The molecule has 7 rings (SSSR count). The molecule has 0 unspecified atom stereocenters. The second kappa shape index (κ2) is 45.9. The molecule has 4 aromatic rings. The summed E-state index contributed by atoms with van der Waals surface area (Å²) in [5.74, 6) is 10.1. The third-order valence-electron chi connectivity index (χ3n) is 12.7. The Morgan fingerprint density at radius 2 is 0.918 bits per heavy atom. The minimum atomic E-state index is -3.64. The number of phosphoric acid groups is 2. The summed E-state index contributed by atoms with van der Waals surface area (Å²) < 4.78 is 88.7. The Bertz CT molecular complexity index is 3360. The molecule has 0 atom stereocenters. The van der Waals surface area contributed by atoms with Crippen LogP contribution in [0.25, 0.3) is 0 Å². The third-order valence-corrected chi connectivity index (χ3v) is 16.5. The second-order valence-corrected chi connectivity index (χ2v) is 25.4. The summed E-state index contributed by atoms with van der Waals surface area (Å²) in [5, 5.41) is 3.27. The highest BCUT2D eigenvalue weighted by Gasteiger charge is 2.34. The van der Waals surface area contributed by atoms with Gasteiger partial charge in [-0.1, -0.05) is 104 Å². The number of nitrogens with two attached hydrogens (primary N) is 1. The molecule has 3 heterocycles. The number of nitrogens with zero attached hydrogens (tertiary/aromatic N) is 3. The average Bonchev–Trinajstić information content (AvgIpc) is 0.980. The van der Waals surface area contributed by atoms with Crippen LogP contribution in [-0.2, 0) is 107 Å². The van der Waals surface area contributed by atoms with Gasteiger partial charge in [0.25, 0.3) is 11.8 Å². The van der Waals surface area contributed by atoms with E-state index in [0.29, 0.717) is 83.2 Å². The highest BCUT2D eigenvalue weighted by molar-refractivity contribution is 7.78. The lowest BCUT2D eigenvalue weighted by atomic mass is 10.0. The molecule has 0 aliphatic carbocycles. The topological polar surface area (TPSA) is 307 Å². The van der Waals surface area contributed by atoms with Gasteiger partial charge in [0.1, 0.15) is 0 Å². The predicted octanol–water partition coefficient (Wildman–Crippen LogP) is 8.86. The highest BCUT2D eigenvalue weighted by Crippen LogP contribution is 2.52. The van der Waals surface area contributed by atoms with Gasteiger partial charge in [0.15, 0.2) is 0 Å². The fourth-order valence-corrected chi connectivity index (χ4v) is 11.8. The van der Waals surface area contributed by atoms with Crippen LogP contribution in [0.2, 0.25) is 6.82 Å². The molecule has 30 heteroatoms. The number of fused-ring (bicyclic) bond motifs is 4. The quantitative estimate of drug-likeness (QED) is 0.00628. The lowest BCUT2D eigenvalue weighted by molar-refractivity contribution is -0.197. The van der Waals surface area contributed by atoms with E-state index in [9.17, 15) is 37.9 Å². The smallest absolute Gasteiger partial charge is 0.378 e. The predicted molar refractivity (Wildman–Crippen MR) is 369 cm³/mol. The number of hydrogen-bond acceptors (Lipinski definition) is 23. The van der Waals surface area contributed by atoms with Crippen LogP contribution in [0.1, 0.15) is 127 Å². The largest absolute Gasteiger partial charge is 0.475 e. The van der Waals surface area contributed by atoms with Crippen molar-refractivity contribution in [2.75, 3.05) is 89.0 Å². The van der Waals surface area contributed by atoms with Gasteiger partial charge in [0, 0.05) is 68.8 Å². The van der Waals surface area contributed by atoms with Gasteiger partial charge < -0.3 is 49.4 Å². The van der Waals surface area contributed by atoms with E-state index in [0.717, 1.165) is 39.1 Å². The van der Waals surface area contributed by atoms with Gasteiger partial charge in [-0.3, -0.25) is 51.1 Å². The number of amides is 5. The SMILES string of the molecule is CC(C)OP(=O)(OCCOCCOCCN)OC(C)C.CC(C)OP(=O)(OCCOCCOCCNC(=O)CCC(=O)N1Cc2ccccc2C#Cc2ccccc21)OC(C)C.O=C(CCC(=O)N1Cc2ccccc2C#Cc2ccccc21)ON1C(=O)CCC1=O.[2H]B(C)ONS. The molecule has 4 aromatic carbocycles. The fraction of sp³-hybridized carbons (Fsp3) is 0.493. The van der Waals surface area contributed by atoms with Crippen LogP contribution in [0.5, 0.6) is 0 Å². The molecule has 26 nitrogen and oxygen atoms in total. The molecule has 530 valence electrons. The van der Waals surface area contributed by atoms with Crippen LogP contribution < -0.4 is 25.7 Å². The zero-order valence-electron chi connectivity index (χ0n) is 57.7. The first-order valence-corrected chi connectivity index (χ1v) is 35.3. The van der Waals surface area contributed by atoms with Crippen molar-refractivity contribution in [2.24, 2.45) is 5.73 Å². The molecule has 0 saturated carbocycles. The van der Waals surface area contributed by atoms with Crippen LogP contribution in [-0.4, -0.2) is 153 Å². The monoisotopic (exact) mass is 1410 g/mol. The van der Waals surface area contributed by atoms with Crippen molar-refractivity contribution in [2.45, 2.75) is 138 Å². The molecule has 3 aliphatic heterocycles. The first-order chi connectivity index (χ1) is 46.9. The fourth-order valence-electron chi connectivity index (χ4n) is 8.67. The van der Waals surface area contributed by atoms with Crippen LogP contribution in [0, 0.1) is 23.7 Å². The first-order valence-electron chi connectivity index (χ1n) is 32.5. The maximum Gasteiger partial charge on any atom is 0.475 e. The van der Waals surface area contributed by atoms with E-state index in [-0.39, 0.29) is 100 Å². The molecule has 4 N–H and O–H groups in total. The number of imide groups is 1. The molecule has 3 aliphatic rings. The maximum atomic E-state index is 13.2. The number of phosphoric ester groups is 2. The normalized spacial score (nSPS) is 13.2. The van der Waals surface area contributed by atoms with Crippen LogP contribution in [0.15, 0.2) is 97.1 Å². The Morgan fingerprint density at radius 1 is 0.546 bits per heavy atom. The van der Waals surface area contributed by atoms with Crippen molar-refractivity contribution in [3.05, 3.63) is 130 Å². The van der Waals surface area contributed by atoms with Crippen molar-refractivity contribution in [1.29, 1.82) is 1.34 Å². The summed E-state index contributed by atoms with van der Waals surface area (Å²) in [6, 6.07) is 30.3. The van der Waals surface area contributed by atoms with Gasteiger partial charge in [0.2, 0.25) is 17.7 Å². The molecule has 1 saturated heterocycles. The Labute approximate surface area is 577 Å². The lowest BCUT2D eigenvalue weighted by Crippen LogP contribution is -2.34. The summed E-state index contributed by atoms with van der Waals surface area (Å²) >= 11 is 3.47. The Balaban J connectivity index is 0.000000317. The van der Waals surface area contributed by atoms with E-state index < -0.39 is 40.9 Å². The number of benzene rings is 4. The van der Waals surface area contributed by atoms with Gasteiger partial charge in [-0.05, 0) is 103 Å². The molecule has 5 amide bonds. The Kier molecular flexibility index (Phi) is 38.3. The molecular formula is C67H93BN6O20P2S. The number of anilines is 2. The number of thiol groups is 1. The lowest BCUT2D eigenvalue weighted by Gasteiger charge is -2.26. The summed E-state index contributed by atoms with van der Waals surface area (Å²) in [6.45, 7) is 20.2. The molecule has 1 fully saturated rings. The number of ether oxygens (including phenoxy) is 4. The van der Waals surface area contributed by atoms with Crippen LogP contribution >= 0.6 is 28.5 Å². The molecule has 97 heavy (non-hydrogen) atoms. The van der Waals surface area contributed by atoms with Crippen molar-refractivity contribution in [1.82, 2.24) is 15.3 Å². The van der Waals surface area contributed by atoms with E-state index >= 15 is 0 Å². The van der Waals surface area contributed by atoms with Gasteiger partial charge >= 0.3 is 29.1 Å². The summed E-state index contributed by atoms with van der Waals surface area (Å²) in [4.78, 5) is 84.1. The van der Waals surface area contributed by atoms with E-state index in [2.05, 4.69) is 51.5 Å². The summed E-state index contributed by atoms with van der Waals surface area (Å²) in [5.41, 5.74) is 11.8. The van der Waals surface area contributed by atoms with E-state index in [1.165, 1.54) is 0 Å². The van der Waals surface area contributed by atoms with Crippen molar-refractivity contribution in [3.8, 4) is 23.7 Å². The number of para-hydroxylation sites is 2. The molecule has 0 radical (unpaired) electrons. The number of nitrogens with one attached hydrogen (secondary N) is 2. The minimum Gasteiger partial charge on any atom is -0.378 e. The van der Waals surface area contributed by atoms with E-state index in [1.807, 2.05) is 97.1 Å². The first kappa shape index (κ1) is 81.1. The minimum absolute atomic E-state index is 0.0239. The van der Waals surface area contributed by atoms with E-state index in [1.54, 1.807) is 72.0 Å². The summed E-state index contributed by atoms with van der Waals surface area (Å²) in [7, 11) is -7.71. The third kappa shape index (κ3) is 32.3. The van der Waals surface area contributed by atoms with E-state index in [4.69, 9.17) is 58.0 Å². The molecule has 0 aromatic heterocycles. The van der Waals surface area contributed by atoms with Crippen molar-refractivity contribution in [3.63, 3.8) is 0 Å². The molecule has 0 bridgehead atoms. The van der Waals surface area contributed by atoms with Gasteiger partial charge in [-0.15, -0.1) is 5.06 Å². The van der Waals surface area contributed by atoms with Crippen molar-refractivity contribution < 1.29 is 93.6 Å². The maximum absolute atomic E-state index is 13.2. The van der Waals surface area contributed by atoms with Crippen LogP contribution in [0.3, 0.4) is 0 Å². The van der Waals surface area contributed by atoms with Gasteiger partial charge in [0.05, 0.1) is 121 Å². The number of hydroxylamine groups is 2. The van der Waals surface area contributed by atoms with Crippen LogP contribution in [0.4, 0.5) is 11.4 Å².